The number of hydrogen-bond donors (Lipinski definition) is 0. The normalized spacial score (nSPS) is 28.2. The van der Waals surface area contributed by atoms with Crippen molar-refractivity contribution in [2.45, 2.75) is 24.4 Å². The summed E-state index contributed by atoms with van der Waals surface area (Å²) in [6, 6.07) is 22.4. The predicted molar refractivity (Wildman–Crippen MR) is 117 cm³/mol. The molecule has 5 nitrogen and oxygen atoms in total. The number of ether oxygens (including phenoxy) is 1. The fourth-order valence-electron chi connectivity index (χ4n) is 5.85. The molecule has 0 bridgehead atoms. The maximum atomic E-state index is 14.0. The molecule has 3 aromatic rings. The van der Waals surface area contributed by atoms with E-state index in [1.807, 2.05) is 61.5 Å². The first kappa shape index (κ1) is 19.0. The molecule has 0 aromatic heterocycles. The summed E-state index contributed by atoms with van der Waals surface area (Å²) in [5.74, 6) is -0.287. The third kappa shape index (κ3) is 2.38. The molecule has 3 aliphatic heterocycles. The molecule has 0 unspecified atom stereocenters. The Hall–Kier alpha value is -3.67. The lowest BCUT2D eigenvalue weighted by molar-refractivity contribution is -0.124. The van der Waals surface area contributed by atoms with E-state index in [0.29, 0.717) is 12.3 Å². The van der Waals surface area contributed by atoms with E-state index in [1.165, 1.54) is 29.2 Å². The summed E-state index contributed by atoms with van der Waals surface area (Å²) in [7, 11) is 0. The van der Waals surface area contributed by atoms with Crippen molar-refractivity contribution >= 4 is 17.6 Å². The van der Waals surface area contributed by atoms with Gasteiger partial charge in [0, 0.05) is 17.4 Å². The van der Waals surface area contributed by atoms with E-state index in [4.69, 9.17) is 4.74 Å². The lowest BCUT2D eigenvalue weighted by Crippen LogP contribution is -2.46. The van der Waals surface area contributed by atoms with Crippen molar-refractivity contribution < 1.29 is 18.7 Å². The molecule has 160 valence electrons. The average Bonchev–Trinajstić information content (AvgIpc) is 3.20. The molecule has 2 fully saturated rings. The van der Waals surface area contributed by atoms with Crippen LogP contribution in [0.4, 0.5) is 14.9 Å². The van der Waals surface area contributed by atoms with Gasteiger partial charge >= 0.3 is 6.03 Å². The van der Waals surface area contributed by atoms with Crippen molar-refractivity contribution in [3.63, 3.8) is 0 Å². The molecule has 0 saturated carbocycles. The highest BCUT2D eigenvalue weighted by Crippen LogP contribution is 2.61. The number of nitrogens with zero attached hydrogens (tertiary/aromatic N) is 2. The van der Waals surface area contributed by atoms with Crippen LogP contribution in [0, 0.1) is 11.7 Å². The smallest absolute Gasteiger partial charge is 0.332 e. The minimum absolute atomic E-state index is 0.0689. The van der Waals surface area contributed by atoms with E-state index in [1.54, 1.807) is 4.90 Å². The number of benzene rings is 3. The Bertz CT molecular complexity index is 1230. The molecule has 6 heteroatoms. The van der Waals surface area contributed by atoms with Gasteiger partial charge in [0.15, 0.2) is 0 Å². The summed E-state index contributed by atoms with van der Waals surface area (Å²) in [5.41, 5.74) is 1.19. The molecule has 3 aromatic carbocycles. The Morgan fingerprint density at radius 2 is 1.62 bits per heavy atom. The molecule has 4 atom stereocenters. The van der Waals surface area contributed by atoms with Gasteiger partial charge in [-0.1, -0.05) is 48.5 Å². The van der Waals surface area contributed by atoms with E-state index in [9.17, 15) is 14.0 Å². The highest BCUT2D eigenvalue weighted by atomic mass is 19.1. The predicted octanol–water partition coefficient (Wildman–Crippen LogP) is 4.90. The first-order chi connectivity index (χ1) is 15.5. The second-order valence-electron chi connectivity index (χ2n) is 8.76. The molecule has 6 rings (SSSR count). The molecule has 0 aliphatic carbocycles. The van der Waals surface area contributed by atoms with E-state index >= 15 is 0 Å². The van der Waals surface area contributed by atoms with Gasteiger partial charge in [0.1, 0.15) is 17.1 Å². The topological polar surface area (TPSA) is 49.9 Å². The molecular formula is C26H21FN2O3. The van der Waals surface area contributed by atoms with Crippen LogP contribution >= 0.6 is 0 Å². The summed E-state index contributed by atoms with van der Waals surface area (Å²) in [4.78, 5) is 30.7. The number of halogens is 1. The standard InChI is InChI=1S/C26H21FN2O3/c1-26-22(16-7-3-2-4-8-16)20-15-32-21-10-6-5-9-19(21)23(20)29(26)25(31)28(24(26)30)18-13-11-17(27)12-14-18/h2-14,20,22-23H,15H2,1H3/t20-,22-,23-,26-/m1/s1. The minimum Gasteiger partial charge on any atom is -0.493 e. The van der Waals surface area contributed by atoms with Gasteiger partial charge in [-0.05, 0) is 42.8 Å². The number of imide groups is 1. The van der Waals surface area contributed by atoms with Gasteiger partial charge in [0.2, 0.25) is 0 Å². The number of carbonyl (C=O) groups is 2. The Morgan fingerprint density at radius 1 is 0.938 bits per heavy atom. The summed E-state index contributed by atoms with van der Waals surface area (Å²) >= 11 is 0. The van der Waals surface area contributed by atoms with Gasteiger partial charge in [-0.25, -0.2) is 14.1 Å². The van der Waals surface area contributed by atoms with Crippen LogP contribution in [-0.2, 0) is 4.79 Å². The quantitative estimate of drug-likeness (QED) is 0.546. The first-order valence-electron chi connectivity index (χ1n) is 10.7. The lowest BCUT2D eigenvalue weighted by Gasteiger charge is -2.34. The number of urea groups is 1. The zero-order valence-electron chi connectivity index (χ0n) is 17.4. The van der Waals surface area contributed by atoms with Crippen LogP contribution in [0.3, 0.4) is 0 Å². The van der Waals surface area contributed by atoms with Gasteiger partial charge in [0.05, 0.1) is 18.3 Å². The number of hydrogen-bond acceptors (Lipinski definition) is 3. The van der Waals surface area contributed by atoms with E-state index in [2.05, 4.69) is 0 Å². The molecule has 0 N–H and O–H groups in total. The summed E-state index contributed by atoms with van der Waals surface area (Å²) in [5, 5.41) is 0. The summed E-state index contributed by atoms with van der Waals surface area (Å²) in [6.45, 7) is 2.28. The SMILES string of the molecule is C[C@@]12C(=O)N(c3ccc(F)cc3)C(=O)N1[C@@H]1c3ccccc3OC[C@@H]1[C@H]2c1ccccc1. The zero-order chi connectivity index (χ0) is 22.0. The number of anilines is 1. The number of carbonyl (C=O) groups excluding carboxylic acids is 2. The highest BCUT2D eigenvalue weighted by molar-refractivity contribution is 6.24. The van der Waals surface area contributed by atoms with Crippen LogP contribution in [-0.4, -0.2) is 29.0 Å². The van der Waals surface area contributed by atoms with Crippen molar-refractivity contribution in [1.29, 1.82) is 0 Å². The molecule has 0 spiro atoms. The van der Waals surface area contributed by atoms with E-state index in [0.717, 1.165) is 16.9 Å². The molecular weight excluding hydrogens is 407 g/mol. The third-order valence-corrected chi connectivity index (χ3v) is 7.16. The second-order valence-corrected chi connectivity index (χ2v) is 8.76. The largest absolute Gasteiger partial charge is 0.493 e. The molecule has 3 aliphatic rings. The van der Waals surface area contributed by atoms with Crippen molar-refractivity contribution in [1.82, 2.24) is 4.90 Å². The molecule has 0 radical (unpaired) electrons. The number of fused-ring (bicyclic) bond motifs is 5. The van der Waals surface area contributed by atoms with Crippen molar-refractivity contribution in [2.24, 2.45) is 5.92 Å². The maximum absolute atomic E-state index is 14.0. The molecule has 3 amide bonds. The Labute approximate surface area is 185 Å². The third-order valence-electron chi connectivity index (χ3n) is 7.16. The number of rotatable bonds is 2. The highest BCUT2D eigenvalue weighted by Gasteiger charge is 2.70. The Kier molecular flexibility index (Phi) is 3.97. The molecule has 3 heterocycles. The number of amides is 3. The van der Waals surface area contributed by atoms with Crippen LogP contribution in [0.15, 0.2) is 78.9 Å². The summed E-state index contributed by atoms with van der Waals surface area (Å²) in [6.07, 6.45) is 0. The lowest BCUT2D eigenvalue weighted by atomic mass is 9.73. The van der Waals surface area contributed by atoms with Crippen molar-refractivity contribution in [3.05, 3.63) is 95.8 Å². The van der Waals surface area contributed by atoms with Crippen LogP contribution in [0.1, 0.15) is 30.0 Å². The average molecular weight is 428 g/mol. The summed E-state index contributed by atoms with van der Waals surface area (Å²) < 4.78 is 19.6. The van der Waals surface area contributed by atoms with Gasteiger partial charge in [-0.2, -0.15) is 0 Å². The zero-order valence-corrected chi connectivity index (χ0v) is 17.4. The van der Waals surface area contributed by atoms with Gasteiger partial charge in [-0.3, -0.25) is 4.79 Å². The van der Waals surface area contributed by atoms with Crippen LogP contribution in [0.2, 0.25) is 0 Å². The monoisotopic (exact) mass is 428 g/mol. The van der Waals surface area contributed by atoms with Crippen LogP contribution < -0.4 is 9.64 Å². The molecule has 2 saturated heterocycles. The number of para-hydroxylation sites is 1. The fraction of sp³-hybridized carbons (Fsp3) is 0.231. The van der Waals surface area contributed by atoms with Crippen LogP contribution in [0.5, 0.6) is 5.75 Å². The van der Waals surface area contributed by atoms with Gasteiger partial charge in [-0.15, -0.1) is 0 Å². The fourth-order valence-corrected chi connectivity index (χ4v) is 5.85. The Balaban J connectivity index is 1.56. The minimum atomic E-state index is -1.09. The van der Waals surface area contributed by atoms with Gasteiger partial charge < -0.3 is 9.64 Å². The van der Waals surface area contributed by atoms with Gasteiger partial charge in [0.25, 0.3) is 5.91 Å². The van der Waals surface area contributed by atoms with E-state index < -0.39 is 11.4 Å². The van der Waals surface area contributed by atoms with Crippen LogP contribution in [0.25, 0.3) is 0 Å². The van der Waals surface area contributed by atoms with E-state index in [-0.39, 0.29) is 29.8 Å². The van der Waals surface area contributed by atoms with Crippen molar-refractivity contribution in [2.75, 3.05) is 11.5 Å². The molecule has 32 heavy (non-hydrogen) atoms. The Morgan fingerprint density at radius 3 is 2.38 bits per heavy atom. The maximum Gasteiger partial charge on any atom is 0.332 e. The second kappa shape index (κ2) is 6.66. The van der Waals surface area contributed by atoms with Crippen molar-refractivity contribution in [3.8, 4) is 5.75 Å². The first-order valence-corrected chi connectivity index (χ1v) is 10.7.